The fourth-order valence-corrected chi connectivity index (χ4v) is 28.0. The number of fused-ring (bicyclic) bond motifs is 22. The van der Waals surface area contributed by atoms with E-state index in [1.54, 1.807) is 0 Å². The molecule has 4 saturated heterocycles. The molecule has 0 radical (unpaired) electrons. The molecule has 4 aliphatic heterocycles. The molecular formula is C88H142O16. The number of ether oxygens (including phenoxy) is 12. The minimum absolute atomic E-state index is 0.00564. The fraction of sp³-hybridized carbons (Fsp3) is 0.955. The summed E-state index contributed by atoms with van der Waals surface area (Å²) in [4.78, 5) is 51.1. The Labute approximate surface area is 626 Å². The van der Waals surface area contributed by atoms with Gasteiger partial charge in [0.2, 0.25) is 0 Å². The van der Waals surface area contributed by atoms with Crippen LogP contribution >= 0.6 is 0 Å². The first kappa shape index (κ1) is 78.3. The minimum atomic E-state index is -0.0563. The van der Waals surface area contributed by atoms with E-state index in [1.807, 2.05) is 0 Å². The van der Waals surface area contributed by atoms with E-state index in [0.717, 1.165) is 134 Å². The number of esters is 4. The third kappa shape index (κ3) is 15.5. The summed E-state index contributed by atoms with van der Waals surface area (Å²) in [6, 6.07) is 0. The molecule has 590 valence electrons. The molecule has 13 aliphatic carbocycles. The summed E-state index contributed by atoms with van der Waals surface area (Å²) < 4.78 is 71.7. The van der Waals surface area contributed by atoms with Gasteiger partial charge in [0.1, 0.15) is 0 Å². The molecule has 4 heterocycles. The van der Waals surface area contributed by atoms with Gasteiger partial charge in [-0.25, -0.2) is 0 Å². The van der Waals surface area contributed by atoms with E-state index in [4.69, 9.17) is 56.8 Å². The van der Waals surface area contributed by atoms with E-state index < -0.39 is 0 Å². The van der Waals surface area contributed by atoms with Gasteiger partial charge in [-0.05, 0) is 286 Å². The summed E-state index contributed by atoms with van der Waals surface area (Å²) in [7, 11) is 0. The minimum Gasteiger partial charge on any atom is -0.438 e. The third-order valence-electron chi connectivity index (χ3n) is 32.7. The Morgan fingerprint density at radius 1 is 0.308 bits per heavy atom. The monoisotopic (exact) mass is 1460 g/mol. The zero-order chi connectivity index (χ0) is 72.6. The van der Waals surface area contributed by atoms with Gasteiger partial charge in [-0.2, -0.15) is 0 Å². The Morgan fingerprint density at radius 2 is 0.615 bits per heavy atom. The molecule has 10 bridgehead atoms. The topological polar surface area (TPSA) is 179 Å². The molecule has 0 spiro atoms. The zero-order valence-corrected chi connectivity index (χ0v) is 66.3. The van der Waals surface area contributed by atoms with Crippen molar-refractivity contribution in [2.75, 3.05) is 27.2 Å². The van der Waals surface area contributed by atoms with Crippen LogP contribution in [0.15, 0.2) is 0 Å². The number of rotatable bonds is 26. The van der Waals surface area contributed by atoms with Crippen molar-refractivity contribution < 1.29 is 76.0 Å². The van der Waals surface area contributed by atoms with Crippen LogP contribution in [-0.2, 0) is 76.0 Å². The van der Waals surface area contributed by atoms with Crippen LogP contribution in [0.3, 0.4) is 0 Å². The highest BCUT2D eigenvalue weighted by Gasteiger charge is 2.66. The molecule has 16 nitrogen and oxygen atoms in total. The standard InChI is InChI=1S/C23H38O4.C22H34O4.C22H36O4.C21H34O4/c1-4-18-20-15-12-16(21(20)19(5-2)27-18)17(13-15)22(24)25-14-26-23(6-3)10-8-7-9-11-23;1-3-17-20-14-9-15(21(20)18(4-2)26-17)16(10-14)22(23)25-11-24-19-8-12-5-6-13(19)7-12;1-4-17-19-14-11-15(20(19)18(5-2)26-17)16(12-14)21(23)24-13-25-22(6-3)9-7-8-10-22;1-3-17-19-13-10-15(20(19)18(4-2)25-17)16(11-13)21(22)24-12-23-14-8-6-5-7-9-14/h15-21H,4-14H2,1-3H3;12-21H,3-11H2,1-2H3;14-20H,4-13H2,1-3H3;13-20H,3-12H2,1-2H3. The largest absolute Gasteiger partial charge is 0.438 e. The Hall–Kier alpha value is -2.44. The molecule has 0 aromatic rings. The number of carbonyl (C=O) groups is 4. The van der Waals surface area contributed by atoms with Crippen LogP contribution in [-0.4, -0.2) is 123 Å². The van der Waals surface area contributed by atoms with Gasteiger partial charge in [-0.3, -0.25) is 19.2 Å². The quantitative estimate of drug-likeness (QED) is 0.0453. The molecule has 0 amide bonds. The maximum atomic E-state index is 12.9. The van der Waals surface area contributed by atoms with E-state index in [-0.39, 0.29) is 85.9 Å². The van der Waals surface area contributed by atoms with Gasteiger partial charge in [0, 0.05) is 0 Å². The van der Waals surface area contributed by atoms with Gasteiger partial charge in [-0.15, -0.1) is 0 Å². The van der Waals surface area contributed by atoms with Gasteiger partial charge in [0.25, 0.3) is 0 Å². The summed E-state index contributed by atoms with van der Waals surface area (Å²) in [5, 5.41) is 0. The van der Waals surface area contributed by atoms with E-state index in [1.165, 1.54) is 103 Å². The second kappa shape index (κ2) is 34.7. The first-order chi connectivity index (χ1) is 50.7. The number of carbonyl (C=O) groups excluding carboxylic acids is 4. The Kier molecular flexibility index (Phi) is 26.1. The first-order valence-corrected chi connectivity index (χ1v) is 44.5. The smallest absolute Gasteiger partial charge is 0.311 e. The highest BCUT2D eigenvalue weighted by atomic mass is 16.7. The predicted molar refractivity (Wildman–Crippen MR) is 396 cm³/mol. The molecule has 31 unspecified atom stereocenters. The zero-order valence-electron chi connectivity index (χ0n) is 66.3. The molecule has 0 N–H and O–H groups in total. The number of hydrogen-bond donors (Lipinski definition) is 0. The molecule has 0 aromatic heterocycles. The lowest BCUT2D eigenvalue weighted by molar-refractivity contribution is -0.185. The van der Waals surface area contributed by atoms with E-state index in [0.29, 0.717) is 162 Å². The van der Waals surface area contributed by atoms with Gasteiger partial charge >= 0.3 is 23.9 Å². The van der Waals surface area contributed by atoms with Crippen LogP contribution in [0.1, 0.15) is 300 Å². The molecule has 17 aliphatic rings. The second-order valence-corrected chi connectivity index (χ2v) is 37.0. The lowest BCUT2D eigenvalue weighted by Crippen LogP contribution is -2.38. The second-order valence-electron chi connectivity index (χ2n) is 37.0. The highest BCUT2D eigenvalue weighted by molar-refractivity contribution is 5.75. The molecular weight excluding hydrogens is 1310 g/mol. The van der Waals surface area contributed by atoms with Crippen LogP contribution < -0.4 is 0 Å². The van der Waals surface area contributed by atoms with Crippen LogP contribution in [0.4, 0.5) is 0 Å². The SMILES string of the molecule is CCC1OC(CC)C2C3CC(CC3C(=O)OCOC3(CC)CCCC3)C12.CCC1OC(CC)C2C3CC(CC3C(=O)OCOC3(CC)CCCCC3)C12.CCC1OC(CC)C2C3CC(CC3C(=O)OCOC3CC4CCC3C4)C12.CCC1OC(CC)C2C3CC(CC3C(=O)OCOC3CCCCC3)C12. The van der Waals surface area contributed by atoms with Crippen molar-refractivity contribution in [3.63, 3.8) is 0 Å². The van der Waals surface area contributed by atoms with Crippen molar-refractivity contribution in [2.24, 2.45) is 130 Å². The predicted octanol–water partition coefficient (Wildman–Crippen LogP) is 18.3. The molecule has 16 heteroatoms. The van der Waals surface area contributed by atoms with Crippen LogP contribution in [0.2, 0.25) is 0 Å². The van der Waals surface area contributed by atoms with Crippen molar-refractivity contribution in [2.45, 2.75) is 373 Å². The molecule has 17 fully saturated rings. The van der Waals surface area contributed by atoms with Crippen molar-refractivity contribution in [1.29, 1.82) is 0 Å². The molecule has 104 heavy (non-hydrogen) atoms. The normalized spacial score (nSPS) is 44.9. The maximum Gasteiger partial charge on any atom is 0.311 e. The summed E-state index contributed by atoms with van der Waals surface area (Å²) in [5.41, 5.74) is -0.0970. The van der Waals surface area contributed by atoms with Gasteiger partial charge < -0.3 is 56.8 Å². The number of hydrogen-bond acceptors (Lipinski definition) is 16. The molecule has 13 saturated carbocycles. The first-order valence-electron chi connectivity index (χ1n) is 44.5. The van der Waals surface area contributed by atoms with E-state index >= 15 is 0 Å². The Balaban J connectivity index is 0.000000117. The van der Waals surface area contributed by atoms with Crippen molar-refractivity contribution in [3.8, 4) is 0 Å². The molecule has 0 aromatic carbocycles. The summed E-state index contributed by atoms with van der Waals surface area (Å²) in [6.07, 6.45) is 45.0. The van der Waals surface area contributed by atoms with Crippen molar-refractivity contribution in [1.82, 2.24) is 0 Å². The van der Waals surface area contributed by atoms with Crippen LogP contribution in [0.25, 0.3) is 0 Å². The maximum absolute atomic E-state index is 12.9. The third-order valence-corrected chi connectivity index (χ3v) is 32.7. The molecule has 31 atom stereocenters. The van der Waals surface area contributed by atoms with Gasteiger partial charge in [-0.1, -0.05) is 121 Å². The fourth-order valence-electron chi connectivity index (χ4n) is 28.0. The lowest BCUT2D eigenvalue weighted by Gasteiger charge is -2.36. The summed E-state index contributed by atoms with van der Waals surface area (Å²) in [5.74, 6) is 11.3. The average Bonchev–Trinajstić information content (AvgIpc) is 1.59. The van der Waals surface area contributed by atoms with E-state index in [9.17, 15) is 19.2 Å². The average molecular weight is 1460 g/mol. The van der Waals surface area contributed by atoms with Gasteiger partial charge in [0.15, 0.2) is 27.2 Å². The lowest BCUT2D eigenvalue weighted by atomic mass is 9.70. The van der Waals surface area contributed by atoms with Gasteiger partial charge in [0.05, 0.1) is 95.9 Å². The summed E-state index contributed by atoms with van der Waals surface area (Å²) in [6.45, 7) is 22.8. The van der Waals surface area contributed by atoms with Crippen LogP contribution in [0.5, 0.6) is 0 Å². The van der Waals surface area contributed by atoms with Crippen LogP contribution in [0, 0.1) is 130 Å². The van der Waals surface area contributed by atoms with Crippen molar-refractivity contribution >= 4 is 23.9 Å². The summed E-state index contributed by atoms with van der Waals surface area (Å²) >= 11 is 0. The highest BCUT2D eigenvalue weighted by Crippen LogP contribution is 2.66. The Bertz CT molecular complexity index is 2800. The Morgan fingerprint density at radius 3 is 0.923 bits per heavy atom. The van der Waals surface area contributed by atoms with E-state index in [2.05, 4.69) is 69.2 Å². The molecule has 17 rings (SSSR count). The van der Waals surface area contributed by atoms with Crippen molar-refractivity contribution in [3.05, 3.63) is 0 Å².